The van der Waals surface area contributed by atoms with Crippen LogP contribution in [0, 0.1) is 6.92 Å². The Hall–Kier alpha value is -1.05. The minimum atomic E-state index is -0.853. The van der Waals surface area contributed by atoms with Gasteiger partial charge < -0.3 is 14.8 Å². The summed E-state index contributed by atoms with van der Waals surface area (Å²) in [7, 11) is 1.56. The molecule has 0 aromatic heterocycles. The first kappa shape index (κ1) is 19.3. The first-order valence-corrected chi connectivity index (χ1v) is 9.43. The molecule has 1 amide bonds. The number of nitrogens with one attached hydrogen (secondary N) is 1. The van der Waals surface area contributed by atoms with E-state index in [-0.39, 0.29) is 5.91 Å². The summed E-state index contributed by atoms with van der Waals surface area (Å²) in [5, 5.41) is 2.84. The smallest absolute Gasteiger partial charge is 0.254 e. The molecule has 128 valence electrons. The number of rotatable bonds is 5. The van der Waals surface area contributed by atoms with Crippen LogP contribution in [0.15, 0.2) is 48.5 Å². The van der Waals surface area contributed by atoms with Gasteiger partial charge in [0.1, 0.15) is 0 Å². The Morgan fingerprint density at radius 3 is 2.17 bits per heavy atom. The molecule has 0 bridgehead atoms. The molecule has 4 nitrogen and oxygen atoms in total. The fourth-order valence-electron chi connectivity index (χ4n) is 1.93. The van der Waals surface area contributed by atoms with E-state index in [1.54, 1.807) is 31.4 Å². The van der Waals surface area contributed by atoms with Gasteiger partial charge in [0.05, 0.1) is 7.11 Å². The van der Waals surface area contributed by atoms with Crippen molar-refractivity contribution < 1.29 is 14.3 Å². The van der Waals surface area contributed by atoms with Gasteiger partial charge in [-0.25, -0.2) is 0 Å². The summed E-state index contributed by atoms with van der Waals surface area (Å²) in [5.41, 5.74) is 1.63. The zero-order valence-corrected chi connectivity index (χ0v) is 17.8. The van der Waals surface area contributed by atoms with Crippen LogP contribution in [0.2, 0.25) is 0 Å². The van der Waals surface area contributed by atoms with Gasteiger partial charge in [0.25, 0.3) is 5.91 Å². The molecular formula is C17H16Br3NO3. The van der Waals surface area contributed by atoms with Crippen molar-refractivity contribution >= 4 is 53.7 Å². The van der Waals surface area contributed by atoms with E-state index < -0.39 is 8.37 Å². The van der Waals surface area contributed by atoms with Crippen molar-refractivity contribution in [3.05, 3.63) is 59.7 Å². The largest absolute Gasteiger partial charge is 0.493 e. The third kappa shape index (κ3) is 5.22. The fraction of sp³-hybridized carbons (Fsp3) is 0.235. The maximum atomic E-state index is 12.5. The Morgan fingerprint density at radius 1 is 1.04 bits per heavy atom. The molecular weight excluding hydrogens is 506 g/mol. The molecule has 0 saturated carbocycles. The molecule has 0 aliphatic rings. The van der Waals surface area contributed by atoms with Crippen molar-refractivity contribution in [2.24, 2.45) is 0 Å². The molecule has 2 aromatic rings. The van der Waals surface area contributed by atoms with Crippen molar-refractivity contribution in [3.8, 4) is 11.5 Å². The van der Waals surface area contributed by atoms with Crippen molar-refractivity contribution in [3.63, 3.8) is 0 Å². The molecule has 0 unspecified atom stereocenters. The third-order valence-electron chi connectivity index (χ3n) is 3.19. The summed E-state index contributed by atoms with van der Waals surface area (Å²) in [4.78, 5) is 12.5. The van der Waals surface area contributed by atoms with Gasteiger partial charge in [0.15, 0.2) is 13.6 Å². The summed E-state index contributed by atoms with van der Waals surface area (Å²) in [6.45, 7) is 1.97. The van der Waals surface area contributed by atoms with Crippen molar-refractivity contribution in [1.29, 1.82) is 0 Å². The number of halogens is 3. The fourth-order valence-corrected chi connectivity index (χ4v) is 2.55. The van der Waals surface area contributed by atoms with Crippen LogP contribution in [0.4, 0.5) is 0 Å². The van der Waals surface area contributed by atoms with Gasteiger partial charge in [-0.3, -0.25) is 4.79 Å². The van der Waals surface area contributed by atoms with Crippen molar-refractivity contribution in [1.82, 2.24) is 5.32 Å². The number of ether oxygens (including phenoxy) is 2. The van der Waals surface area contributed by atoms with E-state index in [0.29, 0.717) is 17.1 Å². The maximum Gasteiger partial charge on any atom is 0.254 e. The second kappa shape index (κ2) is 8.36. The predicted molar refractivity (Wildman–Crippen MR) is 106 cm³/mol. The van der Waals surface area contributed by atoms with E-state index in [0.717, 1.165) is 5.56 Å². The topological polar surface area (TPSA) is 47.6 Å². The number of methoxy groups -OCH3 is 1. The Balaban J connectivity index is 2.20. The monoisotopic (exact) mass is 519 g/mol. The first-order valence-electron chi connectivity index (χ1n) is 7.05. The van der Waals surface area contributed by atoms with E-state index in [4.69, 9.17) is 9.47 Å². The Bertz CT molecular complexity index is 699. The number of carbonyl (C=O) groups is 1. The van der Waals surface area contributed by atoms with Gasteiger partial charge in [-0.15, -0.1) is 0 Å². The highest BCUT2D eigenvalue weighted by atomic mass is 80.0. The number of amides is 1. The number of alkyl halides is 3. The average Bonchev–Trinajstić information content (AvgIpc) is 2.54. The van der Waals surface area contributed by atoms with Crippen LogP contribution in [-0.2, 0) is 0 Å². The minimum Gasteiger partial charge on any atom is -0.493 e. The van der Waals surface area contributed by atoms with Gasteiger partial charge in [-0.1, -0.05) is 77.6 Å². The molecule has 0 saturated heterocycles. The SMILES string of the molecule is COc1ccccc1O[C@H](NC(=O)c1ccc(C)cc1)C(Br)(Br)Br. The lowest BCUT2D eigenvalue weighted by atomic mass is 10.1. The number of benzene rings is 2. The molecule has 0 heterocycles. The molecule has 0 aliphatic carbocycles. The molecule has 0 aliphatic heterocycles. The summed E-state index contributed by atoms with van der Waals surface area (Å²) in [6.07, 6.45) is -0.748. The van der Waals surface area contributed by atoms with E-state index in [9.17, 15) is 4.79 Å². The van der Waals surface area contributed by atoms with Crippen LogP contribution in [0.5, 0.6) is 11.5 Å². The summed E-state index contributed by atoms with van der Waals surface area (Å²) in [5.74, 6) is 0.832. The second-order valence-electron chi connectivity index (χ2n) is 5.03. The summed E-state index contributed by atoms with van der Waals surface area (Å²) >= 11 is 10.2. The number of carbonyl (C=O) groups excluding carboxylic acids is 1. The Labute approximate surface area is 166 Å². The van der Waals surface area contributed by atoms with Crippen LogP contribution < -0.4 is 14.8 Å². The molecule has 0 fully saturated rings. The second-order valence-corrected chi connectivity index (χ2v) is 12.0. The molecule has 0 radical (unpaired) electrons. The van der Waals surface area contributed by atoms with Crippen LogP contribution in [0.1, 0.15) is 15.9 Å². The molecule has 24 heavy (non-hydrogen) atoms. The lowest BCUT2D eigenvalue weighted by Crippen LogP contribution is -2.47. The van der Waals surface area contributed by atoms with Gasteiger partial charge >= 0.3 is 0 Å². The highest BCUT2D eigenvalue weighted by Crippen LogP contribution is 2.39. The molecule has 2 aromatic carbocycles. The normalized spacial score (nSPS) is 12.4. The van der Waals surface area contributed by atoms with E-state index in [2.05, 4.69) is 53.1 Å². The van der Waals surface area contributed by atoms with Gasteiger partial charge in [0, 0.05) is 5.56 Å². The highest BCUT2D eigenvalue weighted by Gasteiger charge is 2.35. The van der Waals surface area contributed by atoms with Gasteiger partial charge in [-0.05, 0) is 31.2 Å². The molecule has 2 rings (SSSR count). The minimum absolute atomic E-state index is 0.252. The zero-order valence-electron chi connectivity index (χ0n) is 13.1. The average molecular weight is 522 g/mol. The van der Waals surface area contributed by atoms with Crippen LogP contribution >= 0.6 is 47.8 Å². The summed E-state index contributed by atoms with van der Waals surface area (Å²) < 4.78 is 10.3. The first-order chi connectivity index (χ1) is 11.3. The Morgan fingerprint density at radius 2 is 1.62 bits per heavy atom. The predicted octanol–water partition coefficient (Wildman–Crippen LogP) is 4.98. The lowest BCUT2D eigenvalue weighted by Gasteiger charge is -2.28. The van der Waals surface area contributed by atoms with Crippen molar-refractivity contribution in [2.45, 2.75) is 15.3 Å². The van der Waals surface area contributed by atoms with E-state index in [1.807, 2.05) is 31.2 Å². The number of hydrogen-bond donors (Lipinski definition) is 1. The van der Waals surface area contributed by atoms with E-state index >= 15 is 0 Å². The van der Waals surface area contributed by atoms with Crippen molar-refractivity contribution in [2.75, 3.05) is 7.11 Å². The molecule has 1 N–H and O–H groups in total. The number of aryl methyl sites for hydroxylation is 1. The quantitative estimate of drug-likeness (QED) is 0.446. The number of hydrogen-bond acceptors (Lipinski definition) is 3. The third-order valence-corrected chi connectivity index (χ3v) is 4.43. The van der Waals surface area contributed by atoms with Gasteiger partial charge in [-0.2, -0.15) is 0 Å². The Kier molecular flexibility index (Phi) is 6.71. The molecule has 0 spiro atoms. The standard InChI is InChI=1S/C17H16Br3NO3/c1-11-7-9-12(10-8-11)15(22)21-16(17(18,19)20)24-14-6-4-3-5-13(14)23-2/h3-10,16H,1-2H3,(H,21,22)/t16-/m0/s1. The van der Waals surface area contributed by atoms with Crippen LogP contribution in [-0.4, -0.2) is 21.4 Å². The lowest BCUT2D eigenvalue weighted by molar-refractivity contribution is 0.0841. The van der Waals surface area contributed by atoms with Crippen LogP contribution in [0.3, 0.4) is 0 Å². The van der Waals surface area contributed by atoms with E-state index in [1.165, 1.54) is 0 Å². The number of para-hydroxylation sites is 2. The molecule has 7 heteroatoms. The highest BCUT2D eigenvalue weighted by molar-refractivity contribution is 9.39. The summed E-state index contributed by atoms with van der Waals surface area (Å²) in [6, 6.07) is 14.5. The maximum absolute atomic E-state index is 12.5. The molecule has 1 atom stereocenters. The van der Waals surface area contributed by atoms with Crippen LogP contribution in [0.25, 0.3) is 0 Å². The van der Waals surface area contributed by atoms with Gasteiger partial charge in [0.2, 0.25) is 6.23 Å². The zero-order chi connectivity index (χ0) is 17.7.